The monoisotopic (exact) mass is 383 g/mol. The van der Waals surface area contributed by atoms with Crippen molar-refractivity contribution in [1.29, 1.82) is 0 Å². The lowest BCUT2D eigenvalue weighted by Gasteiger charge is -2.21. The summed E-state index contributed by atoms with van der Waals surface area (Å²) >= 11 is 0. The Balaban J connectivity index is 1.55. The molecule has 1 saturated heterocycles. The molecule has 2 N–H and O–H groups in total. The van der Waals surface area contributed by atoms with Crippen LogP contribution in [0, 0.1) is 13.8 Å². The first-order valence-electron chi connectivity index (χ1n) is 10.3. The van der Waals surface area contributed by atoms with Crippen LogP contribution in [0.4, 0.5) is 0 Å². The van der Waals surface area contributed by atoms with Crippen molar-refractivity contribution in [2.24, 2.45) is 4.99 Å². The summed E-state index contributed by atoms with van der Waals surface area (Å²) in [5.41, 5.74) is 3.50. The van der Waals surface area contributed by atoms with Crippen molar-refractivity contribution in [3.05, 3.63) is 52.9 Å². The number of hydrogen-bond acceptors (Lipinski definition) is 4. The number of guanidine groups is 1. The molecule has 0 bridgehead atoms. The van der Waals surface area contributed by atoms with Crippen molar-refractivity contribution in [2.75, 3.05) is 19.6 Å². The maximum absolute atomic E-state index is 5.25. The van der Waals surface area contributed by atoms with E-state index in [2.05, 4.69) is 64.9 Å². The molecule has 6 heteroatoms. The molecule has 3 rings (SSSR count). The summed E-state index contributed by atoms with van der Waals surface area (Å²) in [6.45, 7) is 12.0. The van der Waals surface area contributed by atoms with Gasteiger partial charge < -0.3 is 15.2 Å². The van der Waals surface area contributed by atoms with Crippen molar-refractivity contribution in [2.45, 2.75) is 59.2 Å². The summed E-state index contributed by atoms with van der Waals surface area (Å²) < 4.78 is 5.25. The molecule has 2 heterocycles. The van der Waals surface area contributed by atoms with E-state index in [1.165, 1.54) is 11.1 Å². The minimum absolute atomic E-state index is 0.413. The number of likely N-dealkylation sites (tertiary alicyclic amines) is 1. The largest absolute Gasteiger partial charge is 0.361 e. The highest BCUT2D eigenvalue weighted by Gasteiger charge is 2.29. The maximum Gasteiger partial charge on any atom is 0.191 e. The zero-order valence-electron chi connectivity index (χ0n) is 17.5. The lowest BCUT2D eigenvalue weighted by molar-refractivity contribution is 0.258. The van der Waals surface area contributed by atoms with E-state index < -0.39 is 0 Å². The molecule has 0 spiro atoms. The van der Waals surface area contributed by atoms with Crippen molar-refractivity contribution in [1.82, 2.24) is 20.7 Å². The van der Waals surface area contributed by atoms with Gasteiger partial charge in [-0.15, -0.1) is 0 Å². The quantitative estimate of drug-likeness (QED) is 0.568. The Bertz CT molecular complexity index is 751. The average Bonchev–Trinajstić information content (AvgIpc) is 3.18. The first kappa shape index (κ1) is 20.4. The minimum Gasteiger partial charge on any atom is -0.361 e. The summed E-state index contributed by atoms with van der Waals surface area (Å²) in [6.07, 6.45) is 1.97. The molecule has 28 heavy (non-hydrogen) atoms. The number of aliphatic imine (C=N–C) groups is 1. The highest BCUT2D eigenvalue weighted by Crippen LogP contribution is 2.20. The highest BCUT2D eigenvalue weighted by atomic mass is 16.5. The second kappa shape index (κ2) is 9.73. The molecule has 2 atom stereocenters. The molecule has 1 aromatic carbocycles. The summed E-state index contributed by atoms with van der Waals surface area (Å²) in [4.78, 5) is 7.32. The van der Waals surface area contributed by atoms with E-state index in [9.17, 15) is 0 Å². The molecular formula is C22H33N5O. The highest BCUT2D eigenvalue weighted by molar-refractivity contribution is 5.80. The molecule has 1 aromatic heterocycles. The van der Waals surface area contributed by atoms with Gasteiger partial charge in [-0.2, -0.15) is 0 Å². The number of benzene rings is 1. The second-order valence-corrected chi connectivity index (χ2v) is 7.65. The minimum atomic E-state index is 0.413. The fraction of sp³-hybridized carbons (Fsp3) is 0.545. The summed E-state index contributed by atoms with van der Waals surface area (Å²) in [5, 5.41) is 11.0. The molecule has 2 aromatic rings. The molecule has 1 aliphatic rings. The molecule has 2 unspecified atom stereocenters. The maximum atomic E-state index is 5.25. The van der Waals surface area contributed by atoms with Crippen LogP contribution in [0.5, 0.6) is 0 Å². The average molecular weight is 384 g/mol. The van der Waals surface area contributed by atoms with Crippen molar-refractivity contribution in [3.63, 3.8) is 0 Å². The number of rotatable bonds is 7. The van der Waals surface area contributed by atoms with Crippen LogP contribution in [0.25, 0.3) is 0 Å². The van der Waals surface area contributed by atoms with Crippen LogP contribution in [0.1, 0.15) is 42.8 Å². The van der Waals surface area contributed by atoms with Gasteiger partial charge in [0.1, 0.15) is 5.76 Å². The van der Waals surface area contributed by atoms with Gasteiger partial charge in [0.05, 0.1) is 5.69 Å². The Kier molecular flexibility index (Phi) is 7.09. The van der Waals surface area contributed by atoms with E-state index >= 15 is 0 Å². The van der Waals surface area contributed by atoms with Crippen LogP contribution in [0.15, 0.2) is 39.8 Å². The predicted octanol–water partition coefficient (Wildman–Crippen LogP) is 3.05. The lowest BCUT2D eigenvalue weighted by atomic mass is 10.1. The van der Waals surface area contributed by atoms with Gasteiger partial charge in [-0.1, -0.05) is 35.5 Å². The molecule has 0 saturated carbocycles. The van der Waals surface area contributed by atoms with Gasteiger partial charge in [-0.3, -0.25) is 9.89 Å². The molecule has 0 radical (unpaired) electrons. The van der Waals surface area contributed by atoms with Gasteiger partial charge in [-0.05, 0) is 46.1 Å². The third-order valence-electron chi connectivity index (χ3n) is 5.43. The van der Waals surface area contributed by atoms with Gasteiger partial charge in [0.15, 0.2) is 5.96 Å². The Labute approximate surface area is 168 Å². The van der Waals surface area contributed by atoms with E-state index in [-0.39, 0.29) is 0 Å². The molecular weight excluding hydrogens is 350 g/mol. The van der Waals surface area contributed by atoms with E-state index in [0.29, 0.717) is 18.6 Å². The lowest BCUT2D eigenvalue weighted by Crippen LogP contribution is -2.44. The first-order valence-corrected chi connectivity index (χ1v) is 10.3. The first-order chi connectivity index (χ1) is 13.6. The van der Waals surface area contributed by atoms with Crippen molar-refractivity contribution >= 4 is 5.96 Å². The van der Waals surface area contributed by atoms with Crippen LogP contribution in [-0.4, -0.2) is 47.7 Å². The van der Waals surface area contributed by atoms with E-state index in [1.807, 2.05) is 13.8 Å². The van der Waals surface area contributed by atoms with E-state index in [0.717, 1.165) is 49.9 Å². The molecule has 1 fully saturated rings. The molecule has 6 nitrogen and oxygen atoms in total. The van der Waals surface area contributed by atoms with Gasteiger partial charge in [0.2, 0.25) is 0 Å². The molecule has 1 aliphatic heterocycles. The van der Waals surface area contributed by atoms with Gasteiger partial charge in [0, 0.05) is 43.8 Å². The third kappa shape index (κ3) is 5.35. The summed E-state index contributed by atoms with van der Waals surface area (Å²) in [5.74, 6) is 1.79. The van der Waals surface area contributed by atoms with Crippen molar-refractivity contribution in [3.8, 4) is 0 Å². The zero-order valence-corrected chi connectivity index (χ0v) is 17.5. The number of nitrogens with one attached hydrogen (secondary N) is 2. The topological polar surface area (TPSA) is 65.7 Å². The Hall–Kier alpha value is -2.34. The molecule has 152 valence electrons. The predicted molar refractivity (Wildman–Crippen MR) is 114 cm³/mol. The zero-order chi connectivity index (χ0) is 19.9. The summed E-state index contributed by atoms with van der Waals surface area (Å²) in [7, 11) is 0. The third-order valence-corrected chi connectivity index (χ3v) is 5.43. The molecule has 0 aliphatic carbocycles. The van der Waals surface area contributed by atoms with Gasteiger partial charge in [0.25, 0.3) is 0 Å². The number of aromatic nitrogens is 1. The normalized spacial score (nSPS) is 20.5. The fourth-order valence-electron chi connectivity index (χ4n) is 3.89. The molecule has 0 amide bonds. The standard InChI is InChI=1S/C22H33N5O/c1-5-23-22(24-12-11-21-17(3)26-28-18(21)4)25-20-13-16(2)27(15-20)14-19-9-7-6-8-10-19/h6-10,16,20H,5,11-15H2,1-4H3,(H2,23,24,25). The second-order valence-electron chi connectivity index (χ2n) is 7.65. The Morgan fingerprint density at radius 2 is 2.07 bits per heavy atom. The smallest absolute Gasteiger partial charge is 0.191 e. The number of nitrogens with zero attached hydrogens (tertiary/aromatic N) is 3. The van der Waals surface area contributed by atoms with Gasteiger partial charge in [-0.25, -0.2) is 0 Å². The van der Waals surface area contributed by atoms with Crippen molar-refractivity contribution < 1.29 is 4.52 Å². The summed E-state index contributed by atoms with van der Waals surface area (Å²) in [6, 6.07) is 11.7. The number of hydrogen-bond donors (Lipinski definition) is 2. The van der Waals surface area contributed by atoms with Crippen LogP contribution in [0.2, 0.25) is 0 Å². The fourth-order valence-corrected chi connectivity index (χ4v) is 3.89. The van der Waals surface area contributed by atoms with Crippen LogP contribution in [0.3, 0.4) is 0 Å². The van der Waals surface area contributed by atoms with Crippen LogP contribution >= 0.6 is 0 Å². The van der Waals surface area contributed by atoms with Crippen LogP contribution < -0.4 is 10.6 Å². The Morgan fingerprint density at radius 1 is 1.29 bits per heavy atom. The van der Waals surface area contributed by atoms with E-state index in [1.54, 1.807) is 0 Å². The van der Waals surface area contributed by atoms with Crippen LogP contribution in [-0.2, 0) is 13.0 Å². The SMILES string of the molecule is CCNC(=NCCc1c(C)noc1C)NC1CC(C)N(Cc2ccccc2)C1. The van der Waals surface area contributed by atoms with Gasteiger partial charge >= 0.3 is 0 Å². The Morgan fingerprint density at radius 3 is 2.75 bits per heavy atom. The van der Waals surface area contributed by atoms with E-state index in [4.69, 9.17) is 9.52 Å². The number of aryl methyl sites for hydroxylation is 2.